The van der Waals surface area contributed by atoms with E-state index >= 15 is 0 Å². The van der Waals surface area contributed by atoms with Crippen LogP contribution in [0, 0.1) is 0 Å². The Hall–Kier alpha value is -2.21. The summed E-state index contributed by atoms with van der Waals surface area (Å²) in [5.41, 5.74) is -0.535. The number of hydrogen-bond acceptors (Lipinski definition) is 4. The van der Waals surface area contributed by atoms with Gasteiger partial charge < -0.3 is 10.4 Å². The summed E-state index contributed by atoms with van der Waals surface area (Å²) in [6.07, 6.45) is 3.50. The molecule has 0 spiro atoms. The standard InChI is InChI=1S/C18H23N3O3/c1-12(2)21-17(24)14-8-4-3-7-13(14)15(20-21)16(23)19-18(11-22)9-5-6-10-18/h3-4,7-8,12,22H,5-6,9-11H2,1-2H3,(H,19,23). The zero-order chi connectivity index (χ0) is 17.3. The number of nitrogens with zero attached hydrogens (tertiary/aromatic N) is 2. The fraction of sp³-hybridized carbons (Fsp3) is 0.500. The third kappa shape index (κ3) is 2.82. The van der Waals surface area contributed by atoms with Crippen LogP contribution in [0.1, 0.15) is 56.1 Å². The van der Waals surface area contributed by atoms with Gasteiger partial charge in [0.2, 0.25) is 0 Å². The fourth-order valence-corrected chi connectivity index (χ4v) is 3.40. The highest BCUT2D eigenvalue weighted by atomic mass is 16.3. The Morgan fingerprint density at radius 1 is 1.29 bits per heavy atom. The first-order valence-electron chi connectivity index (χ1n) is 8.42. The molecule has 24 heavy (non-hydrogen) atoms. The van der Waals surface area contributed by atoms with E-state index in [4.69, 9.17) is 0 Å². The van der Waals surface area contributed by atoms with Crippen LogP contribution < -0.4 is 10.9 Å². The molecule has 1 amide bonds. The van der Waals surface area contributed by atoms with E-state index in [1.54, 1.807) is 24.3 Å². The van der Waals surface area contributed by atoms with E-state index in [2.05, 4.69) is 10.4 Å². The number of aliphatic hydroxyl groups is 1. The van der Waals surface area contributed by atoms with Gasteiger partial charge in [-0.3, -0.25) is 9.59 Å². The van der Waals surface area contributed by atoms with Crippen LogP contribution in [0.25, 0.3) is 10.8 Å². The van der Waals surface area contributed by atoms with Gasteiger partial charge in [-0.05, 0) is 32.8 Å². The maximum atomic E-state index is 12.9. The summed E-state index contributed by atoms with van der Waals surface area (Å²) < 4.78 is 1.34. The van der Waals surface area contributed by atoms with Crippen LogP contribution in [0.4, 0.5) is 0 Å². The average Bonchev–Trinajstić information content (AvgIpc) is 3.04. The first-order chi connectivity index (χ1) is 11.5. The number of rotatable bonds is 4. The van der Waals surface area contributed by atoms with Gasteiger partial charge in [-0.25, -0.2) is 4.68 Å². The van der Waals surface area contributed by atoms with E-state index in [9.17, 15) is 14.7 Å². The highest BCUT2D eigenvalue weighted by Crippen LogP contribution is 2.29. The Labute approximate surface area is 140 Å². The smallest absolute Gasteiger partial charge is 0.274 e. The van der Waals surface area contributed by atoms with Crippen LogP contribution in [0.2, 0.25) is 0 Å². The van der Waals surface area contributed by atoms with Gasteiger partial charge in [0.15, 0.2) is 5.69 Å². The summed E-state index contributed by atoms with van der Waals surface area (Å²) in [6, 6.07) is 6.88. The second-order valence-electron chi connectivity index (χ2n) is 6.84. The second kappa shape index (κ2) is 6.36. The molecule has 1 fully saturated rings. The van der Waals surface area contributed by atoms with Crippen LogP contribution in [-0.2, 0) is 0 Å². The minimum absolute atomic E-state index is 0.0828. The topological polar surface area (TPSA) is 84.2 Å². The Bertz CT molecular complexity index is 820. The molecule has 0 aliphatic heterocycles. The van der Waals surface area contributed by atoms with Crippen LogP contribution in [0.15, 0.2) is 29.1 Å². The zero-order valence-corrected chi connectivity index (χ0v) is 14.1. The van der Waals surface area contributed by atoms with Crippen molar-refractivity contribution in [2.75, 3.05) is 6.61 Å². The molecule has 0 unspecified atom stereocenters. The minimum Gasteiger partial charge on any atom is -0.394 e. The van der Waals surface area contributed by atoms with E-state index in [-0.39, 0.29) is 29.8 Å². The Kier molecular flexibility index (Phi) is 4.41. The lowest BCUT2D eigenvalue weighted by Crippen LogP contribution is -2.49. The third-order valence-electron chi connectivity index (χ3n) is 4.77. The molecule has 2 aromatic rings. The molecule has 6 heteroatoms. The number of hydrogen-bond donors (Lipinski definition) is 2. The quantitative estimate of drug-likeness (QED) is 0.899. The molecule has 0 saturated heterocycles. The van der Waals surface area contributed by atoms with Gasteiger partial charge in [0.05, 0.1) is 23.6 Å². The maximum absolute atomic E-state index is 12.9. The van der Waals surface area contributed by atoms with E-state index in [1.165, 1.54) is 4.68 Å². The van der Waals surface area contributed by atoms with Crippen LogP contribution in [0.5, 0.6) is 0 Å². The first kappa shape index (κ1) is 16.6. The largest absolute Gasteiger partial charge is 0.394 e. The molecule has 0 atom stereocenters. The van der Waals surface area contributed by atoms with Crippen molar-refractivity contribution in [2.45, 2.75) is 51.1 Å². The highest BCUT2D eigenvalue weighted by molar-refractivity contribution is 6.05. The molecule has 6 nitrogen and oxygen atoms in total. The fourth-order valence-electron chi connectivity index (χ4n) is 3.40. The molecule has 1 aromatic heterocycles. The number of nitrogens with one attached hydrogen (secondary N) is 1. The van der Waals surface area contributed by atoms with Gasteiger partial charge in [0.25, 0.3) is 11.5 Å². The molecule has 1 aliphatic carbocycles. The number of amides is 1. The van der Waals surface area contributed by atoms with Crippen molar-refractivity contribution >= 4 is 16.7 Å². The van der Waals surface area contributed by atoms with Gasteiger partial charge >= 0.3 is 0 Å². The molecule has 0 radical (unpaired) electrons. The maximum Gasteiger partial charge on any atom is 0.274 e. The van der Waals surface area contributed by atoms with Gasteiger partial charge in [0.1, 0.15) is 0 Å². The third-order valence-corrected chi connectivity index (χ3v) is 4.77. The monoisotopic (exact) mass is 329 g/mol. The highest BCUT2D eigenvalue weighted by Gasteiger charge is 2.35. The SMILES string of the molecule is CC(C)n1nc(C(=O)NC2(CO)CCCC2)c2ccccc2c1=O. The van der Waals surface area contributed by atoms with Gasteiger partial charge in [-0.2, -0.15) is 5.10 Å². The second-order valence-corrected chi connectivity index (χ2v) is 6.84. The molecule has 1 aliphatic rings. The predicted molar refractivity (Wildman–Crippen MR) is 92.1 cm³/mol. The molecule has 1 aromatic carbocycles. The number of carbonyl (C=O) groups excluding carboxylic acids is 1. The van der Waals surface area contributed by atoms with Crippen molar-refractivity contribution in [2.24, 2.45) is 0 Å². The van der Waals surface area contributed by atoms with E-state index in [1.807, 2.05) is 13.8 Å². The predicted octanol–water partition coefficient (Wildman–Crippen LogP) is 2.01. The minimum atomic E-state index is -0.571. The molecular formula is C18H23N3O3. The summed E-state index contributed by atoms with van der Waals surface area (Å²) in [5.74, 6) is -0.337. The molecule has 2 N–H and O–H groups in total. The normalized spacial score (nSPS) is 16.7. The number of aliphatic hydroxyl groups excluding tert-OH is 1. The molecule has 128 valence electrons. The van der Waals surface area contributed by atoms with Crippen molar-refractivity contribution in [3.05, 3.63) is 40.3 Å². The summed E-state index contributed by atoms with van der Waals surface area (Å²) in [7, 11) is 0. The van der Waals surface area contributed by atoms with Crippen LogP contribution >= 0.6 is 0 Å². The van der Waals surface area contributed by atoms with Crippen molar-refractivity contribution in [3.8, 4) is 0 Å². The summed E-state index contributed by atoms with van der Waals surface area (Å²) >= 11 is 0. The lowest BCUT2D eigenvalue weighted by molar-refractivity contribution is 0.0832. The van der Waals surface area contributed by atoms with Crippen molar-refractivity contribution < 1.29 is 9.90 Å². The Morgan fingerprint density at radius 3 is 2.50 bits per heavy atom. The van der Waals surface area contributed by atoms with Gasteiger partial charge in [-0.1, -0.05) is 31.0 Å². The number of benzene rings is 1. The van der Waals surface area contributed by atoms with Crippen molar-refractivity contribution in [1.82, 2.24) is 15.1 Å². The number of carbonyl (C=O) groups is 1. The lowest BCUT2D eigenvalue weighted by atomic mass is 9.98. The molecule has 3 rings (SSSR count). The number of aromatic nitrogens is 2. The molecule has 0 bridgehead atoms. The van der Waals surface area contributed by atoms with Crippen molar-refractivity contribution in [3.63, 3.8) is 0 Å². The molecular weight excluding hydrogens is 306 g/mol. The van der Waals surface area contributed by atoms with Crippen LogP contribution in [-0.4, -0.2) is 32.9 Å². The van der Waals surface area contributed by atoms with Crippen molar-refractivity contribution in [1.29, 1.82) is 0 Å². The molecule has 1 saturated carbocycles. The first-order valence-corrected chi connectivity index (χ1v) is 8.42. The van der Waals surface area contributed by atoms with Gasteiger partial charge in [0, 0.05) is 5.39 Å². The van der Waals surface area contributed by atoms with E-state index in [0.717, 1.165) is 25.7 Å². The van der Waals surface area contributed by atoms with E-state index in [0.29, 0.717) is 10.8 Å². The lowest BCUT2D eigenvalue weighted by Gasteiger charge is -2.28. The Morgan fingerprint density at radius 2 is 1.92 bits per heavy atom. The summed E-state index contributed by atoms with van der Waals surface area (Å²) in [4.78, 5) is 25.4. The summed E-state index contributed by atoms with van der Waals surface area (Å²) in [6.45, 7) is 3.63. The summed E-state index contributed by atoms with van der Waals surface area (Å²) in [5, 5.41) is 18.0. The average molecular weight is 329 g/mol. The number of fused-ring (bicyclic) bond motifs is 1. The van der Waals surface area contributed by atoms with Gasteiger partial charge in [-0.15, -0.1) is 0 Å². The zero-order valence-electron chi connectivity index (χ0n) is 14.1. The Balaban J connectivity index is 2.09. The van der Waals surface area contributed by atoms with E-state index < -0.39 is 5.54 Å². The molecule has 1 heterocycles. The van der Waals surface area contributed by atoms with Crippen LogP contribution in [0.3, 0.4) is 0 Å².